The maximum absolute atomic E-state index is 12.8. The van der Waals surface area contributed by atoms with Gasteiger partial charge in [0.05, 0.1) is 40.2 Å². The van der Waals surface area contributed by atoms with E-state index in [2.05, 4.69) is 15.2 Å². The van der Waals surface area contributed by atoms with E-state index >= 15 is 0 Å². The van der Waals surface area contributed by atoms with Gasteiger partial charge in [-0.15, -0.1) is 11.3 Å². The molecule has 0 unspecified atom stereocenters. The molecule has 0 aromatic carbocycles. The Kier molecular flexibility index (Phi) is 5.24. The number of rotatable bonds is 6. The van der Waals surface area contributed by atoms with E-state index in [-0.39, 0.29) is 0 Å². The number of aromatic nitrogens is 6. The molecule has 5 rings (SSSR count). The molecule has 0 fully saturated rings. The Morgan fingerprint density at radius 2 is 2.03 bits per heavy atom. The van der Waals surface area contributed by atoms with Crippen LogP contribution in [0.3, 0.4) is 0 Å². The number of nitrogen functional groups attached to an aromatic ring is 1. The molecule has 0 radical (unpaired) electrons. The van der Waals surface area contributed by atoms with E-state index in [1.165, 1.54) is 11.3 Å². The van der Waals surface area contributed by atoms with Crippen molar-refractivity contribution >= 4 is 49.1 Å². The first-order valence-electron chi connectivity index (χ1n) is 9.84. The predicted molar refractivity (Wildman–Crippen MR) is 127 cm³/mol. The van der Waals surface area contributed by atoms with Crippen LogP contribution in [0.15, 0.2) is 41.0 Å². The standard InChI is InChI=1S/C21H21N7O2S2/c1-27-5-4-15(25-27)14-9-16(12-8-13-11-28(2)26-19(13)23-10-12)24-20-17(14)18(22)21(31-20)32(29)7-6-30-3/h4-5,8-11H,6-7,22H2,1-3H3/t32-/m0/s1. The minimum atomic E-state index is -1.27. The summed E-state index contributed by atoms with van der Waals surface area (Å²) in [7, 11) is 4.05. The van der Waals surface area contributed by atoms with Crippen LogP contribution in [0.5, 0.6) is 0 Å². The third kappa shape index (κ3) is 3.57. The molecule has 11 heteroatoms. The van der Waals surface area contributed by atoms with Crippen molar-refractivity contribution in [1.29, 1.82) is 0 Å². The van der Waals surface area contributed by atoms with E-state index in [4.69, 9.17) is 15.5 Å². The normalized spacial score (nSPS) is 12.7. The largest absolute Gasteiger partial charge is 0.396 e. The van der Waals surface area contributed by atoms with Crippen LogP contribution in [0.2, 0.25) is 0 Å². The van der Waals surface area contributed by atoms with E-state index in [0.29, 0.717) is 32.7 Å². The van der Waals surface area contributed by atoms with Gasteiger partial charge in [0.15, 0.2) is 5.65 Å². The second-order valence-electron chi connectivity index (χ2n) is 7.40. The van der Waals surface area contributed by atoms with Crippen molar-refractivity contribution in [1.82, 2.24) is 29.5 Å². The van der Waals surface area contributed by atoms with Crippen molar-refractivity contribution in [2.75, 3.05) is 25.2 Å². The number of hydrogen-bond acceptors (Lipinski definition) is 8. The monoisotopic (exact) mass is 467 g/mol. The predicted octanol–water partition coefficient (Wildman–Crippen LogP) is 2.98. The minimum Gasteiger partial charge on any atom is -0.396 e. The van der Waals surface area contributed by atoms with E-state index in [1.54, 1.807) is 22.7 Å². The van der Waals surface area contributed by atoms with Crippen molar-refractivity contribution in [3.63, 3.8) is 0 Å². The van der Waals surface area contributed by atoms with Crippen LogP contribution in [0.1, 0.15) is 0 Å². The van der Waals surface area contributed by atoms with Crippen molar-refractivity contribution < 1.29 is 8.95 Å². The number of methoxy groups -OCH3 is 1. The number of ether oxygens (including phenoxy) is 1. The summed E-state index contributed by atoms with van der Waals surface area (Å²) in [4.78, 5) is 10.1. The molecule has 32 heavy (non-hydrogen) atoms. The maximum Gasteiger partial charge on any atom is 0.181 e. The molecule has 164 valence electrons. The average molecular weight is 468 g/mol. The molecular formula is C21H21N7O2S2. The molecule has 1 atom stereocenters. The van der Waals surface area contributed by atoms with Gasteiger partial charge in [0.1, 0.15) is 9.04 Å². The molecule has 2 N–H and O–H groups in total. The average Bonchev–Trinajstić information content (AvgIpc) is 3.47. The molecule has 5 heterocycles. The summed E-state index contributed by atoms with van der Waals surface area (Å²) >= 11 is 1.35. The zero-order valence-electron chi connectivity index (χ0n) is 17.8. The van der Waals surface area contributed by atoms with Crippen molar-refractivity contribution in [2.45, 2.75) is 4.21 Å². The second-order valence-corrected chi connectivity index (χ2v) is 10.2. The third-order valence-electron chi connectivity index (χ3n) is 5.10. The molecule has 0 spiro atoms. The fourth-order valence-electron chi connectivity index (χ4n) is 3.60. The molecule has 0 aliphatic heterocycles. The summed E-state index contributed by atoms with van der Waals surface area (Å²) in [6.07, 6.45) is 5.56. The van der Waals surface area contributed by atoms with Gasteiger partial charge in [0.25, 0.3) is 0 Å². The Balaban J connectivity index is 1.73. The number of hydrogen-bond donors (Lipinski definition) is 1. The fourth-order valence-corrected chi connectivity index (χ4v) is 6.17. The fraction of sp³-hybridized carbons (Fsp3) is 0.238. The quantitative estimate of drug-likeness (QED) is 0.408. The van der Waals surface area contributed by atoms with Gasteiger partial charge < -0.3 is 10.5 Å². The van der Waals surface area contributed by atoms with Crippen LogP contribution in [0, 0.1) is 0 Å². The van der Waals surface area contributed by atoms with Gasteiger partial charge in [0, 0.05) is 61.7 Å². The number of thiophene rings is 1. The summed E-state index contributed by atoms with van der Waals surface area (Å²) in [5.74, 6) is 0.376. The zero-order valence-corrected chi connectivity index (χ0v) is 19.4. The van der Waals surface area contributed by atoms with Gasteiger partial charge in [-0.05, 0) is 18.2 Å². The lowest BCUT2D eigenvalue weighted by Crippen LogP contribution is -2.04. The van der Waals surface area contributed by atoms with E-state index in [9.17, 15) is 4.21 Å². The third-order valence-corrected chi connectivity index (χ3v) is 7.98. The van der Waals surface area contributed by atoms with E-state index in [1.807, 2.05) is 44.7 Å². The zero-order chi connectivity index (χ0) is 22.4. The van der Waals surface area contributed by atoms with Crippen LogP contribution in [0.25, 0.3) is 43.8 Å². The van der Waals surface area contributed by atoms with Gasteiger partial charge in [-0.3, -0.25) is 13.6 Å². The topological polar surface area (TPSA) is 114 Å². The van der Waals surface area contributed by atoms with E-state index in [0.717, 1.165) is 33.3 Å². The molecule has 0 aliphatic carbocycles. The summed E-state index contributed by atoms with van der Waals surface area (Å²) in [6.45, 7) is 0.392. The van der Waals surface area contributed by atoms with Crippen LogP contribution < -0.4 is 5.73 Å². The van der Waals surface area contributed by atoms with Crippen LogP contribution in [-0.2, 0) is 29.6 Å². The van der Waals surface area contributed by atoms with Crippen molar-refractivity contribution in [3.8, 4) is 22.5 Å². The highest BCUT2D eigenvalue weighted by atomic mass is 32.2. The van der Waals surface area contributed by atoms with E-state index < -0.39 is 10.8 Å². The van der Waals surface area contributed by atoms with Crippen LogP contribution in [0.4, 0.5) is 5.69 Å². The highest BCUT2D eigenvalue weighted by Crippen LogP contribution is 2.42. The molecule has 5 aromatic rings. The molecular weight excluding hydrogens is 446 g/mol. The smallest absolute Gasteiger partial charge is 0.181 e. The lowest BCUT2D eigenvalue weighted by molar-refractivity contribution is 0.218. The Morgan fingerprint density at radius 1 is 1.19 bits per heavy atom. The summed E-state index contributed by atoms with van der Waals surface area (Å²) in [6, 6.07) is 5.91. The summed E-state index contributed by atoms with van der Waals surface area (Å²) < 4.78 is 22.0. The Hall–Kier alpha value is -3.15. The number of aryl methyl sites for hydroxylation is 2. The maximum atomic E-state index is 12.8. The molecule has 5 aromatic heterocycles. The highest BCUT2D eigenvalue weighted by molar-refractivity contribution is 7.87. The number of anilines is 1. The molecule has 0 bridgehead atoms. The van der Waals surface area contributed by atoms with Crippen molar-refractivity contribution in [2.24, 2.45) is 14.1 Å². The molecule has 0 amide bonds. The minimum absolute atomic E-state index is 0.376. The Labute approximate surface area is 190 Å². The first-order chi connectivity index (χ1) is 15.4. The first-order valence-corrected chi connectivity index (χ1v) is 12.0. The number of nitrogens with zero attached hydrogens (tertiary/aromatic N) is 6. The summed E-state index contributed by atoms with van der Waals surface area (Å²) in [5.41, 5.74) is 10.9. The summed E-state index contributed by atoms with van der Waals surface area (Å²) in [5, 5.41) is 10.6. The lowest BCUT2D eigenvalue weighted by Gasteiger charge is -2.07. The number of nitrogens with two attached hydrogens (primary N) is 1. The molecule has 0 aliphatic rings. The first kappa shape index (κ1) is 20.7. The molecule has 0 saturated heterocycles. The van der Waals surface area contributed by atoms with Crippen molar-refractivity contribution in [3.05, 3.63) is 36.8 Å². The van der Waals surface area contributed by atoms with Gasteiger partial charge in [0.2, 0.25) is 0 Å². The lowest BCUT2D eigenvalue weighted by atomic mass is 10.0. The molecule has 0 saturated carbocycles. The van der Waals surface area contributed by atoms with Crippen LogP contribution >= 0.6 is 11.3 Å². The van der Waals surface area contributed by atoms with Crippen LogP contribution in [-0.4, -0.2) is 53.2 Å². The SMILES string of the molecule is COCC[S@](=O)c1sc2nc(-c3cnc4nn(C)cc4c3)cc(-c3ccn(C)n3)c2c1N. The second kappa shape index (κ2) is 8.08. The number of fused-ring (bicyclic) bond motifs is 2. The van der Waals surface area contributed by atoms with Gasteiger partial charge in [-0.2, -0.15) is 10.2 Å². The Morgan fingerprint density at radius 3 is 2.78 bits per heavy atom. The Bertz CT molecular complexity index is 1480. The number of pyridine rings is 2. The molecule has 9 nitrogen and oxygen atoms in total. The van der Waals surface area contributed by atoms with Gasteiger partial charge in [-0.25, -0.2) is 9.97 Å². The van der Waals surface area contributed by atoms with Gasteiger partial charge >= 0.3 is 0 Å². The van der Waals surface area contributed by atoms with Gasteiger partial charge in [-0.1, -0.05) is 0 Å². The highest BCUT2D eigenvalue weighted by Gasteiger charge is 2.22.